The molecule has 5 rings (SSSR count). The third-order valence-corrected chi connectivity index (χ3v) is 8.60. The number of amides is 1. The highest BCUT2D eigenvalue weighted by atomic mass is 35.5. The lowest BCUT2D eigenvalue weighted by atomic mass is 10.1. The summed E-state index contributed by atoms with van der Waals surface area (Å²) in [6.45, 7) is 2.20. The van der Waals surface area contributed by atoms with Crippen LogP contribution < -0.4 is 9.62 Å². The van der Waals surface area contributed by atoms with Crippen LogP contribution in [0.25, 0.3) is 21.2 Å². The minimum atomic E-state index is -3.96. The molecule has 0 saturated carbocycles. The number of rotatable bonds is 5. The molecule has 174 valence electrons. The van der Waals surface area contributed by atoms with Crippen LogP contribution in [0.4, 0.5) is 10.1 Å². The molecular formula is C25H20ClFN2O3S2. The van der Waals surface area contributed by atoms with Crippen LogP contribution in [0.1, 0.15) is 11.3 Å². The third-order valence-electron chi connectivity index (χ3n) is 5.85. The van der Waals surface area contributed by atoms with Crippen molar-refractivity contribution in [3.05, 3.63) is 82.4 Å². The average molecular weight is 515 g/mol. The summed E-state index contributed by atoms with van der Waals surface area (Å²) in [5.41, 5.74) is 0.882. The SMILES string of the molecule is Cc1ccc(-c2ccc(N3CCC(NS(=O)(=O)c4ccc5cc(Cl)ccc5c4)C3=O)c(F)c2)s1. The van der Waals surface area contributed by atoms with Gasteiger partial charge in [0.05, 0.1) is 10.6 Å². The summed E-state index contributed by atoms with van der Waals surface area (Å²) in [7, 11) is -3.96. The topological polar surface area (TPSA) is 66.5 Å². The Morgan fingerprint density at radius 2 is 1.79 bits per heavy atom. The number of aryl methyl sites for hydroxylation is 1. The Labute approximate surface area is 205 Å². The maximum absolute atomic E-state index is 14.9. The molecule has 2 heterocycles. The van der Waals surface area contributed by atoms with Gasteiger partial charge in [0, 0.05) is 21.3 Å². The molecule has 3 aromatic carbocycles. The van der Waals surface area contributed by atoms with E-state index in [-0.39, 0.29) is 23.5 Å². The highest BCUT2D eigenvalue weighted by Gasteiger charge is 2.36. The van der Waals surface area contributed by atoms with Crippen molar-refractivity contribution in [1.82, 2.24) is 4.72 Å². The maximum atomic E-state index is 14.9. The molecule has 1 atom stereocenters. The minimum Gasteiger partial charge on any atom is -0.308 e. The number of halogens is 2. The van der Waals surface area contributed by atoms with Crippen molar-refractivity contribution < 1.29 is 17.6 Å². The largest absolute Gasteiger partial charge is 0.308 e. The first-order valence-corrected chi connectivity index (χ1v) is 13.3. The highest BCUT2D eigenvalue weighted by molar-refractivity contribution is 7.89. The van der Waals surface area contributed by atoms with Gasteiger partial charge in [0.15, 0.2) is 0 Å². The minimum absolute atomic E-state index is 0.0512. The van der Waals surface area contributed by atoms with Crippen molar-refractivity contribution >= 4 is 55.3 Å². The van der Waals surface area contributed by atoms with Gasteiger partial charge in [-0.05, 0) is 78.2 Å². The molecule has 1 aliphatic rings. The fourth-order valence-electron chi connectivity index (χ4n) is 4.11. The van der Waals surface area contributed by atoms with E-state index in [4.69, 9.17) is 11.6 Å². The van der Waals surface area contributed by atoms with Crippen LogP contribution in [0.5, 0.6) is 0 Å². The van der Waals surface area contributed by atoms with Crippen LogP contribution >= 0.6 is 22.9 Å². The quantitative estimate of drug-likeness (QED) is 0.368. The van der Waals surface area contributed by atoms with Crippen molar-refractivity contribution in [2.75, 3.05) is 11.4 Å². The maximum Gasteiger partial charge on any atom is 0.245 e. The van der Waals surface area contributed by atoms with Crippen molar-refractivity contribution in [1.29, 1.82) is 0 Å². The summed E-state index contributed by atoms with van der Waals surface area (Å²) in [5.74, 6) is -0.997. The molecule has 4 aromatic rings. The highest BCUT2D eigenvalue weighted by Crippen LogP contribution is 2.33. The zero-order valence-electron chi connectivity index (χ0n) is 18.1. The number of anilines is 1. The molecule has 0 aliphatic carbocycles. The van der Waals surface area contributed by atoms with Gasteiger partial charge >= 0.3 is 0 Å². The van der Waals surface area contributed by atoms with Crippen LogP contribution in [-0.4, -0.2) is 26.9 Å². The number of nitrogens with one attached hydrogen (secondary N) is 1. The monoisotopic (exact) mass is 514 g/mol. The van der Waals surface area contributed by atoms with Crippen LogP contribution in [0.3, 0.4) is 0 Å². The van der Waals surface area contributed by atoms with Gasteiger partial charge < -0.3 is 4.90 Å². The Bertz CT molecular complexity index is 1530. The number of benzene rings is 3. The van der Waals surface area contributed by atoms with Gasteiger partial charge in [0.25, 0.3) is 0 Å². The van der Waals surface area contributed by atoms with E-state index in [0.29, 0.717) is 5.02 Å². The Morgan fingerprint density at radius 1 is 1.03 bits per heavy atom. The Kier molecular flexibility index (Phi) is 5.93. The van der Waals surface area contributed by atoms with Crippen LogP contribution in [0, 0.1) is 12.7 Å². The number of hydrogen-bond donors (Lipinski definition) is 1. The second kappa shape index (κ2) is 8.78. The molecule has 0 radical (unpaired) electrons. The van der Waals surface area contributed by atoms with Gasteiger partial charge in [-0.25, -0.2) is 12.8 Å². The molecule has 1 aliphatic heterocycles. The van der Waals surface area contributed by atoms with Gasteiger partial charge in [-0.2, -0.15) is 4.72 Å². The van der Waals surface area contributed by atoms with Gasteiger partial charge in [0.1, 0.15) is 11.9 Å². The second-order valence-corrected chi connectivity index (χ2v) is 11.6. The summed E-state index contributed by atoms with van der Waals surface area (Å²) in [4.78, 5) is 16.4. The van der Waals surface area contributed by atoms with E-state index in [0.717, 1.165) is 26.1 Å². The third kappa shape index (κ3) is 4.34. The second-order valence-electron chi connectivity index (χ2n) is 8.18. The smallest absolute Gasteiger partial charge is 0.245 e. The number of carbonyl (C=O) groups excluding carboxylic acids is 1. The lowest BCUT2D eigenvalue weighted by molar-refractivity contribution is -0.118. The van der Waals surface area contributed by atoms with E-state index >= 15 is 0 Å². The number of nitrogens with zero attached hydrogens (tertiary/aromatic N) is 1. The standard InChI is InChI=1S/C25H20ClFN2O3S2/c1-15-2-9-24(33-15)18-5-8-23(21(27)14-18)29-11-10-22(25(29)30)28-34(31,32)20-7-4-16-12-19(26)6-3-17(16)13-20/h2-9,12-14,22,28H,10-11H2,1H3. The number of sulfonamides is 1. The van der Waals surface area contributed by atoms with Gasteiger partial charge in [-0.1, -0.05) is 29.8 Å². The number of thiophene rings is 1. The Balaban J connectivity index is 1.35. The van der Waals surface area contributed by atoms with E-state index in [1.54, 1.807) is 47.7 Å². The molecule has 0 spiro atoms. The van der Waals surface area contributed by atoms with Crippen LogP contribution in [0.2, 0.25) is 5.02 Å². The van der Waals surface area contributed by atoms with Crippen molar-refractivity contribution in [3.8, 4) is 10.4 Å². The lowest BCUT2D eigenvalue weighted by Crippen LogP contribution is -2.41. The predicted molar refractivity (Wildman–Crippen MR) is 134 cm³/mol. The first-order chi connectivity index (χ1) is 16.2. The molecule has 1 amide bonds. The average Bonchev–Trinajstić information content (AvgIpc) is 3.39. The fourth-order valence-corrected chi connectivity index (χ4v) is 6.42. The van der Waals surface area contributed by atoms with Crippen LogP contribution in [-0.2, 0) is 14.8 Å². The van der Waals surface area contributed by atoms with Gasteiger partial charge in [-0.3, -0.25) is 4.79 Å². The fraction of sp³-hybridized carbons (Fsp3) is 0.160. The molecule has 1 N–H and O–H groups in total. The Morgan fingerprint density at radius 3 is 2.53 bits per heavy atom. The summed E-state index contributed by atoms with van der Waals surface area (Å²) < 4.78 is 43.4. The number of fused-ring (bicyclic) bond motifs is 1. The van der Waals surface area contributed by atoms with E-state index < -0.39 is 27.8 Å². The lowest BCUT2D eigenvalue weighted by Gasteiger charge is -2.18. The molecule has 0 bridgehead atoms. The molecule has 34 heavy (non-hydrogen) atoms. The first-order valence-electron chi connectivity index (χ1n) is 10.6. The molecule has 9 heteroatoms. The Hall–Kier alpha value is -2.78. The summed E-state index contributed by atoms with van der Waals surface area (Å²) in [6, 6.07) is 17.5. The number of hydrogen-bond acceptors (Lipinski definition) is 4. The molecule has 1 unspecified atom stereocenters. The number of carbonyl (C=O) groups is 1. The molecule has 5 nitrogen and oxygen atoms in total. The van der Waals surface area contributed by atoms with E-state index in [2.05, 4.69) is 4.72 Å². The van der Waals surface area contributed by atoms with Crippen molar-refractivity contribution in [3.63, 3.8) is 0 Å². The van der Waals surface area contributed by atoms with Crippen molar-refractivity contribution in [2.24, 2.45) is 0 Å². The summed E-state index contributed by atoms with van der Waals surface area (Å²) in [5, 5.41) is 2.09. The summed E-state index contributed by atoms with van der Waals surface area (Å²) in [6.07, 6.45) is 0.243. The zero-order valence-corrected chi connectivity index (χ0v) is 20.5. The molecular weight excluding hydrogens is 495 g/mol. The van der Waals surface area contributed by atoms with Crippen molar-refractivity contribution in [2.45, 2.75) is 24.3 Å². The zero-order chi connectivity index (χ0) is 24.0. The summed E-state index contributed by atoms with van der Waals surface area (Å²) >= 11 is 7.56. The van der Waals surface area contributed by atoms with Gasteiger partial charge in [-0.15, -0.1) is 11.3 Å². The van der Waals surface area contributed by atoms with E-state index in [1.165, 1.54) is 23.1 Å². The molecule has 1 aromatic heterocycles. The first kappa shape index (κ1) is 23.0. The normalized spacial score (nSPS) is 16.5. The molecule has 1 saturated heterocycles. The predicted octanol–water partition coefficient (Wildman–Crippen LogP) is 5.75. The van der Waals surface area contributed by atoms with E-state index in [9.17, 15) is 17.6 Å². The van der Waals surface area contributed by atoms with E-state index in [1.807, 2.05) is 19.1 Å². The van der Waals surface area contributed by atoms with Crippen LogP contribution in [0.15, 0.2) is 71.6 Å². The van der Waals surface area contributed by atoms with Gasteiger partial charge in [0.2, 0.25) is 15.9 Å². The molecule has 1 fully saturated rings.